The first-order valence-electron chi connectivity index (χ1n) is 6.34. The van der Waals surface area contributed by atoms with E-state index in [-0.39, 0.29) is 5.91 Å². The van der Waals surface area contributed by atoms with E-state index in [0.29, 0.717) is 28.7 Å². The zero-order valence-corrected chi connectivity index (χ0v) is 11.7. The Morgan fingerprint density at radius 3 is 3.00 bits per heavy atom. The van der Waals surface area contributed by atoms with Gasteiger partial charge in [0.2, 0.25) is 0 Å². The van der Waals surface area contributed by atoms with Crippen molar-refractivity contribution in [1.29, 1.82) is 0 Å². The van der Waals surface area contributed by atoms with Crippen LogP contribution in [0.15, 0.2) is 30.3 Å². The van der Waals surface area contributed by atoms with E-state index < -0.39 is 0 Å². The number of aryl methyl sites for hydroxylation is 1. The van der Waals surface area contributed by atoms with Gasteiger partial charge >= 0.3 is 0 Å². The molecule has 0 atom stereocenters. The van der Waals surface area contributed by atoms with E-state index in [1.165, 1.54) is 0 Å². The van der Waals surface area contributed by atoms with Crippen LogP contribution >= 0.6 is 11.6 Å². The molecule has 1 aromatic carbocycles. The zero-order chi connectivity index (χ0) is 14.1. The standard InChI is InChI=1S/C15H13ClN2O2/c1-9-12(3-5-14(16)17-9)18-15(19)11-2-4-13-10(8-11)6-7-20-13/h2-5,8H,6-7H2,1H3,(H,18,19). The molecule has 0 unspecified atom stereocenters. The number of fused-ring (bicyclic) bond motifs is 1. The van der Waals surface area contributed by atoms with Crippen molar-refractivity contribution in [1.82, 2.24) is 4.98 Å². The number of carbonyl (C=O) groups is 1. The molecule has 0 fully saturated rings. The second kappa shape index (κ2) is 5.13. The molecule has 1 aromatic heterocycles. The highest BCUT2D eigenvalue weighted by molar-refractivity contribution is 6.29. The van der Waals surface area contributed by atoms with Crippen molar-refractivity contribution < 1.29 is 9.53 Å². The maximum absolute atomic E-state index is 12.2. The number of pyridine rings is 1. The number of aromatic nitrogens is 1. The number of rotatable bonds is 2. The number of hydrogen-bond donors (Lipinski definition) is 1. The van der Waals surface area contributed by atoms with Gasteiger partial charge in [-0.1, -0.05) is 11.6 Å². The minimum absolute atomic E-state index is 0.160. The average Bonchev–Trinajstić information content (AvgIpc) is 2.89. The summed E-state index contributed by atoms with van der Waals surface area (Å²) >= 11 is 5.80. The van der Waals surface area contributed by atoms with Gasteiger partial charge in [0.25, 0.3) is 5.91 Å². The van der Waals surface area contributed by atoms with E-state index in [0.717, 1.165) is 17.7 Å². The Balaban J connectivity index is 1.82. The fourth-order valence-electron chi connectivity index (χ4n) is 2.18. The Labute approximate surface area is 121 Å². The lowest BCUT2D eigenvalue weighted by molar-refractivity contribution is 0.102. The second-order valence-electron chi connectivity index (χ2n) is 4.64. The summed E-state index contributed by atoms with van der Waals surface area (Å²) in [6.45, 7) is 2.48. The number of carbonyl (C=O) groups excluding carboxylic acids is 1. The van der Waals surface area contributed by atoms with Crippen LogP contribution in [0.3, 0.4) is 0 Å². The number of ether oxygens (including phenoxy) is 1. The van der Waals surface area contributed by atoms with Crippen LogP contribution in [0.4, 0.5) is 5.69 Å². The van der Waals surface area contributed by atoms with E-state index in [1.54, 1.807) is 25.1 Å². The Hall–Kier alpha value is -2.07. The van der Waals surface area contributed by atoms with E-state index >= 15 is 0 Å². The van der Waals surface area contributed by atoms with Crippen molar-refractivity contribution in [2.75, 3.05) is 11.9 Å². The number of amides is 1. The van der Waals surface area contributed by atoms with E-state index in [2.05, 4.69) is 10.3 Å². The number of halogens is 1. The molecule has 0 bridgehead atoms. The molecule has 1 N–H and O–H groups in total. The molecule has 0 radical (unpaired) electrons. The van der Waals surface area contributed by atoms with Crippen molar-refractivity contribution in [2.24, 2.45) is 0 Å². The maximum Gasteiger partial charge on any atom is 0.255 e. The summed E-state index contributed by atoms with van der Waals surface area (Å²) in [5, 5.41) is 3.26. The number of hydrogen-bond acceptors (Lipinski definition) is 3. The van der Waals surface area contributed by atoms with Crippen molar-refractivity contribution in [3.63, 3.8) is 0 Å². The fraction of sp³-hybridized carbons (Fsp3) is 0.200. The van der Waals surface area contributed by atoms with Gasteiger partial charge in [0.1, 0.15) is 10.9 Å². The van der Waals surface area contributed by atoms with Gasteiger partial charge in [-0.3, -0.25) is 4.79 Å². The van der Waals surface area contributed by atoms with Gasteiger partial charge in [0, 0.05) is 12.0 Å². The van der Waals surface area contributed by atoms with E-state index in [4.69, 9.17) is 16.3 Å². The largest absolute Gasteiger partial charge is 0.493 e. The highest BCUT2D eigenvalue weighted by atomic mass is 35.5. The van der Waals surface area contributed by atoms with Crippen LogP contribution in [0.1, 0.15) is 21.6 Å². The molecule has 1 amide bonds. The molecule has 2 aromatic rings. The third-order valence-electron chi connectivity index (χ3n) is 3.25. The van der Waals surface area contributed by atoms with Crippen LogP contribution in [-0.2, 0) is 6.42 Å². The predicted molar refractivity (Wildman–Crippen MR) is 77.6 cm³/mol. The van der Waals surface area contributed by atoms with Crippen LogP contribution in [0.25, 0.3) is 0 Å². The van der Waals surface area contributed by atoms with Gasteiger partial charge in [-0.05, 0) is 42.8 Å². The number of nitrogens with one attached hydrogen (secondary N) is 1. The molecule has 0 spiro atoms. The summed E-state index contributed by atoms with van der Waals surface area (Å²) in [7, 11) is 0. The fourth-order valence-corrected chi connectivity index (χ4v) is 2.37. The molecule has 0 aliphatic carbocycles. The lowest BCUT2D eigenvalue weighted by atomic mass is 10.1. The highest BCUT2D eigenvalue weighted by Gasteiger charge is 2.15. The van der Waals surface area contributed by atoms with Crippen LogP contribution < -0.4 is 10.1 Å². The molecular weight excluding hydrogens is 276 g/mol. The van der Waals surface area contributed by atoms with Gasteiger partial charge < -0.3 is 10.1 Å². The van der Waals surface area contributed by atoms with Crippen molar-refractivity contribution in [3.8, 4) is 5.75 Å². The molecule has 5 heteroatoms. The summed E-state index contributed by atoms with van der Waals surface area (Å²) in [6.07, 6.45) is 0.845. The SMILES string of the molecule is Cc1nc(Cl)ccc1NC(=O)c1ccc2c(c1)CCO2. The van der Waals surface area contributed by atoms with E-state index in [9.17, 15) is 4.79 Å². The first kappa shape index (κ1) is 12.9. The normalized spacial score (nSPS) is 12.7. The molecule has 0 saturated heterocycles. The molecule has 3 rings (SSSR count). The first-order chi connectivity index (χ1) is 9.63. The van der Waals surface area contributed by atoms with Crippen LogP contribution in [0.2, 0.25) is 5.15 Å². The van der Waals surface area contributed by atoms with Gasteiger partial charge in [0.05, 0.1) is 18.0 Å². The molecule has 0 saturated carbocycles. The summed E-state index contributed by atoms with van der Waals surface area (Å²) in [5.41, 5.74) is 3.04. The Morgan fingerprint density at radius 2 is 2.20 bits per heavy atom. The monoisotopic (exact) mass is 288 g/mol. The minimum atomic E-state index is -0.160. The Kier molecular flexibility index (Phi) is 3.32. The molecule has 2 heterocycles. The molecule has 1 aliphatic rings. The van der Waals surface area contributed by atoms with Gasteiger partial charge in [-0.15, -0.1) is 0 Å². The molecule has 20 heavy (non-hydrogen) atoms. The predicted octanol–water partition coefficient (Wildman–Crippen LogP) is 3.23. The van der Waals surface area contributed by atoms with Gasteiger partial charge in [0.15, 0.2) is 0 Å². The highest BCUT2D eigenvalue weighted by Crippen LogP contribution is 2.26. The second-order valence-corrected chi connectivity index (χ2v) is 5.03. The minimum Gasteiger partial charge on any atom is -0.493 e. The van der Waals surface area contributed by atoms with Crippen molar-refractivity contribution >= 4 is 23.2 Å². The Morgan fingerprint density at radius 1 is 1.35 bits per heavy atom. The first-order valence-corrected chi connectivity index (χ1v) is 6.71. The number of nitrogens with zero attached hydrogens (tertiary/aromatic N) is 1. The summed E-state index contributed by atoms with van der Waals surface area (Å²) < 4.78 is 5.43. The van der Waals surface area contributed by atoms with E-state index in [1.807, 2.05) is 12.1 Å². The van der Waals surface area contributed by atoms with Crippen molar-refractivity contribution in [3.05, 3.63) is 52.3 Å². The average molecular weight is 289 g/mol. The lowest BCUT2D eigenvalue weighted by Gasteiger charge is -2.08. The maximum atomic E-state index is 12.2. The molecule has 102 valence electrons. The third-order valence-corrected chi connectivity index (χ3v) is 3.46. The number of anilines is 1. The van der Waals surface area contributed by atoms with Gasteiger partial charge in [-0.2, -0.15) is 0 Å². The summed E-state index contributed by atoms with van der Waals surface area (Å²) in [4.78, 5) is 16.3. The molecule has 4 nitrogen and oxygen atoms in total. The zero-order valence-electron chi connectivity index (χ0n) is 10.9. The Bertz CT molecular complexity index is 686. The summed E-state index contributed by atoms with van der Waals surface area (Å²) in [6, 6.07) is 8.87. The number of benzene rings is 1. The van der Waals surface area contributed by atoms with Crippen LogP contribution in [0, 0.1) is 6.92 Å². The third kappa shape index (κ3) is 2.47. The quantitative estimate of drug-likeness (QED) is 0.863. The topological polar surface area (TPSA) is 51.2 Å². The molecular formula is C15H13ClN2O2. The summed E-state index contributed by atoms with van der Waals surface area (Å²) in [5.74, 6) is 0.706. The van der Waals surface area contributed by atoms with Gasteiger partial charge in [-0.25, -0.2) is 4.98 Å². The molecule has 1 aliphatic heterocycles. The van der Waals surface area contributed by atoms with Crippen LogP contribution in [-0.4, -0.2) is 17.5 Å². The smallest absolute Gasteiger partial charge is 0.255 e. The van der Waals surface area contributed by atoms with Crippen LogP contribution in [0.5, 0.6) is 5.75 Å². The lowest BCUT2D eigenvalue weighted by Crippen LogP contribution is -2.13. The van der Waals surface area contributed by atoms with Crippen molar-refractivity contribution in [2.45, 2.75) is 13.3 Å².